The summed E-state index contributed by atoms with van der Waals surface area (Å²) < 4.78 is 5.86. The van der Waals surface area contributed by atoms with Crippen LogP contribution in [0.2, 0.25) is 0 Å². The molecule has 3 N–H and O–H groups in total. The van der Waals surface area contributed by atoms with Gasteiger partial charge in [-0.3, -0.25) is 0 Å². The fourth-order valence-electron chi connectivity index (χ4n) is 2.21. The summed E-state index contributed by atoms with van der Waals surface area (Å²) in [5, 5.41) is 15.2. The van der Waals surface area contributed by atoms with E-state index in [0.717, 1.165) is 25.4 Å². The zero-order valence-corrected chi connectivity index (χ0v) is 13.7. The van der Waals surface area contributed by atoms with Crippen LogP contribution in [0.1, 0.15) is 16.7 Å². The molecule has 4 heteroatoms. The van der Waals surface area contributed by atoms with E-state index in [4.69, 9.17) is 9.84 Å². The number of hydrogen-bond donors (Lipinski definition) is 3. The standard InChI is InChI=1S/C19H26N2O2/c1-16-5-7-17(8-6-16)15-23-19-4-2-3-18(13-19)14-21-10-9-20-11-12-22/h2-8,13,20-22H,9-12,14-15H2,1H3. The Morgan fingerprint density at radius 1 is 0.913 bits per heavy atom. The Labute approximate surface area is 138 Å². The highest BCUT2D eigenvalue weighted by Gasteiger charge is 1.99. The maximum Gasteiger partial charge on any atom is 0.120 e. The summed E-state index contributed by atoms with van der Waals surface area (Å²) in [6, 6.07) is 16.6. The number of aryl methyl sites for hydroxylation is 1. The number of hydrogen-bond acceptors (Lipinski definition) is 4. The first-order valence-electron chi connectivity index (χ1n) is 8.07. The SMILES string of the molecule is Cc1ccc(COc2cccc(CNCCNCCO)c2)cc1. The van der Waals surface area contributed by atoms with Crippen LogP contribution in [0.25, 0.3) is 0 Å². The van der Waals surface area contributed by atoms with Gasteiger partial charge in [0.1, 0.15) is 12.4 Å². The predicted octanol–water partition coefficient (Wildman–Crippen LogP) is 2.25. The molecule has 0 saturated carbocycles. The Hall–Kier alpha value is -1.88. The van der Waals surface area contributed by atoms with Gasteiger partial charge in [0.05, 0.1) is 6.61 Å². The van der Waals surface area contributed by atoms with E-state index in [1.165, 1.54) is 16.7 Å². The summed E-state index contributed by atoms with van der Waals surface area (Å²) in [7, 11) is 0. The van der Waals surface area contributed by atoms with Gasteiger partial charge < -0.3 is 20.5 Å². The van der Waals surface area contributed by atoms with Crippen molar-refractivity contribution in [1.29, 1.82) is 0 Å². The first kappa shape index (κ1) is 17.5. The van der Waals surface area contributed by atoms with Gasteiger partial charge in [-0.15, -0.1) is 0 Å². The maximum atomic E-state index is 8.68. The van der Waals surface area contributed by atoms with Crippen molar-refractivity contribution in [3.8, 4) is 5.75 Å². The van der Waals surface area contributed by atoms with E-state index >= 15 is 0 Å². The van der Waals surface area contributed by atoms with Crippen molar-refractivity contribution in [3.63, 3.8) is 0 Å². The molecule has 0 saturated heterocycles. The first-order chi connectivity index (χ1) is 11.3. The topological polar surface area (TPSA) is 53.5 Å². The van der Waals surface area contributed by atoms with Gasteiger partial charge >= 0.3 is 0 Å². The van der Waals surface area contributed by atoms with Crippen LogP contribution >= 0.6 is 0 Å². The molecule has 0 aromatic heterocycles. The lowest BCUT2D eigenvalue weighted by molar-refractivity contribution is 0.292. The molecule has 4 nitrogen and oxygen atoms in total. The summed E-state index contributed by atoms with van der Waals surface area (Å²) in [5.74, 6) is 0.892. The van der Waals surface area contributed by atoms with Crippen molar-refractivity contribution < 1.29 is 9.84 Å². The highest BCUT2D eigenvalue weighted by atomic mass is 16.5. The van der Waals surface area contributed by atoms with E-state index in [9.17, 15) is 0 Å². The third kappa shape index (κ3) is 6.82. The third-order valence-corrected chi connectivity index (χ3v) is 3.52. The fraction of sp³-hybridized carbons (Fsp3) is 0.368. The molecule has 0 fully saturated rings. The van der Waals surface area contributed by atoms with Crippen molar-refractivity contribution >= 4 is 0 Å². The molecule has 0 radical (unpaired) electrons. The van der Waals surface area contributed by atoms with Crippen LogP contribution in [0.15, 0.2) is 48.5 Å². The second kappa shape index (κ2) is 10.0. The molecule has 2 aromatic carbocycles. The van der Waals surface area contributed by atoms with Gasteiger partial charge in [0, 0.05) is 26.2 Å². The lowest BCUT2D eigenvalue weighted by atomic mass is 10.2. The Bertz CT molecular complexity index is 570. The summed E-state index contributed by atoms with van der Waals surface area (Å²) in [6.07, 6.45) is 0. The van der Waals surface area contributed by atoms with Crippen LogP contribution in [0.5, 0.6) is 5.75 Å². The van der Waals surface area contributed by atoms with Gasteiger partial charge in [0.2, 0.25) is 0 Å². The Morgan fingerprint density at radius 2 is 1.70 bits per heavy atom. The normalized spacial score (nSPS) is 10.7. The number of rotatable bonds is 10. The molecule has 2 rings (SSSR count). The number of aliphatic hydroxyl groups excluding tert-OH is 1. The third-order valence-electron chi connectivity index (χ3n) is 3.52. The van der Waals surface area contributed by atoms with Gasteiger partial charge in [-0.05, 0) is 30.2 Å². The number of aliphatic hydroxyl groups is 1. The molecule has 0 aliphatic heterocycles. The molecule has 0 aliphatic rings. The monoisotopic (exact) mass is 314 g/mol. The Balaban J connectivity index is 1.74. The van der Waals surface area contributed by atoms with E-state index in [0.29, 0.717) is 13.2 Å². The summed E-state index contributed by atoms with van der Waals surface area (Å²) in [6.45, 7) is 6.02. The van der Waals surface area contributed by atoms with Crippen LogP contribution in [-0.4, -0.2) is 31.3 Å². The molecule has 0 aliphatic carbocycles. The molecule has 2 aromatic rings. The molecule has 0 unspecified atom stereocenters. The van der Waals surface area contributed by atoms with Gasteiger partial charge in [0.25, 0.3) is 0 Å². The van der Waals surface area contributed by atoms with Crippen molar-refractivity contribution in [3.05, 3.63) is 65.2 Å². The minimum absolute atomic E-state index is 0.181. The first-order valence-corrected chi connectivity index (χ1v) is 8.07. The molecule has 0 bridgehead atoms. The summed E-state index contributed by atoms with van der Waals surface area (Å²) in [5.41, 5.74) is 3.64. The molecular formula is C19H26N2O2. The average molecular weight is 314 g/mol. The van der Waals surface area contributed by atoms with Crippen molar-refractivity contribution in [2.75, 3.05) is 26.2 Å². The average Bonchev–Trinajstić information content (AvgIpc) is 2.58. The van der Waals surface area contributed by atoms with E-state index in [1.54, 1.807) is 0 Å². The summed E-state index contributed by atoms with van der Waals surface area (Å²) >= 11 is 0. The fourth-order valence-corrected chi connectivity index (χ4v) is 2.21. The maximum absolute atomic E-state index is 8.68. The predicted molar refractivity (Wildman–Crippen MR) is 93.6 cm³/mol. The van der Waals surface area contributed by atoms with Crippen molar-refractivity contribution in [2.24, 2.45) is 0 Å². The highest BCUT2D eigenvalue weighted by molar-refractivity contribution is 5.29. The molecule has 0 heterocycles. The van der Waals surface area contributed by atoms with Crippen LogP contribution in [-0.2, 0) is 13.2 Å². The van der Waals surface area contributed by atoms with Crippen molar-refractivity contribution in [2.45, 2.75) is 20.1 Å². The lowest BCUT2D eigenvalue weighted by Gasteiger charge is -2.09. The largest absolute Gasteiger partial charge is 0.489 e. The molecule has 124 valence electrons. The molecule has 23 heavy (non-hydrogen) atoms. The van der Waals surface area contributed by atoms with Crippen LogP contribution in [0.3, 0.4) is 0 Å². The molecule has 0 atom stereocenters. The smallest absolute Gasteiger partial charge is 0.120 e. The van der Waals surface area contributed by atoms with Gasteiger partial charge in [-0.1, -0.05) is 42.0 Å². The van der Waals surface area contributed by atoms with E-state index < -0.39 is 0 Å². The van der Waals surface area contributed by atoms with Gasteiger partial charge in [0.15, 0.2) is 0 Å². The van der Waals surface area contributed by atoms with Crippen LogP contribution in [0.4, 0.5) is 0 Å². The quantitative estimate of drug-likeness (QED) is 0.589. The number of benzene rings is 2. The number of nitrogens with one attached hydrogen (secondary N) is 2. The lowest BCUT2D eigenvalue weighted by Crippen LogP contribution is -2.28. The van der Waals surface area contributed by atoms with E-state index in [1.807, 2.05) is 12.1 Å². The highest BCUT2D eigenvalue weighted by Crippen LogP contribution is 2.15. The van der Waals surface area contributed by atoms with E-state index in [2.05, 4.69) is 54.0 Å². The van der Waals surface area contributed by atoms with E-state index in [-0.39, 0.29) is 6.61 Å². The van der Waals surface area contributed by atoms with Gasteiger partial charge in [-0.2, -0.15) is 0 Å². The zero-order valence-electron chi connectivity index (χ0n) is 13.7. The van der Waals surface area contributed by atoms with Crippen molar-refractivity contribution in [1.82, 2.24) is 10.6 Å². The summed E-state index contributed by atoms with van der Waals surface area (Å²) in [4.78, 5) is 0. The number of ether oxygens (including phenoxy) is 1. The molecule has 0 spiro atoms. The van der Waals surface area contributed by atoms with Crippen LogP contribution < -0.4 is 15.4 Å². The Morgan fingerprint density at radius 3 is 2.48 bits per heavy atom. The van der Waals surface area contributed by atoms with Crippen LogP contribution in [0, 0.1) is 6.92 Å². The second-order valence-electron chi connectivity index (χ2n) is 5.57. The minimum Gasteiger partial charge on any atom is -0.489 e. The van der Waals surface area contributed by atoms with Gasteiger partial charge in [-0.25, -0.2) is 0 Å². The Kier molecular flexibility index (Phi) is 7.60. The zero-order chi connectivity index (χ0) is 16.3. The second-order valence-corrected chi connectivity index (χ2v) is 5.57. The molecule has 0 amide bonds. The molecular weight excluding hydrogens is 288 g/mol. The minimum atomic E-state index is 0.181.